The van der Waals surface area contributed by atoms with Crippen molar-refractivity contribution < 1.29 is 40.2 Å². The predicted molar refractivity (Wildman–Crippen MR) is 142 cm³/mol. The lowest BCUT2D eigenvalue weighted by Gasteiger charge is -2.33. The molecular formula is C29H32F5NO4S. The predicted octanol–water partition coefficient (Wildman–Crippen LogP) is 6.13. The Labute approximate surface area is 231 Å². The second-order valence-electron chi connectivity index (χ2n) is 10.3. The van der Waals surface area contributed by atoms with E-state index in [0.29, 0.717) is 25.6 Å². The SMILES string of the molecule is CC(C)(CN(CCCOc1ccc(CO)c(S(C)(=O)=O)c1)Cc1cccc(C(F)(F)F)c1F)c1ccc(F)cc1. The lowest BCUT2D eigenvalue weighted by molar-refractivity contribution is -0.140. The monoisotopic (exact) mass is 585 g/mol. The molecule has 0 atom stereocenters. The number of nitrogens with zero attached hydrogens (tertiary/aromatic N) is 1. The number of halogens is 5. The second kappa shape index (κ2) is 12.7. The van der Waals surface area contributed by atoms with Gasteiger partial charge in [0, 0.05) is 36.9 Å². The number of aliphatic hydroxyl groups excluding tert-OH is 1. The van der Waals surface area contributed by atoms with Crippen LogP contribution in [0.1, 0.15) is 42.5 Å². The minimum atomic E-state index is -4.83. The van der Waals surface area contributed by atoms with E-state index in [1.165, 1.54) is 42.5 Å². The van der Waals surface area contributed by atoms with Crippen molar-refractivity contribution in [3.8, 4) is 5.75 Å². The van der Waals surface area contributed by atoms with E-state index < -0.39 is 45.2 Å². The molecule has 0 aromatic heterocycles. The van der Waals surface area contributed by atoms with Crippen LogP contribution in [0.25, 0.3) is 0 Å². The molecule has 218 valence electrons. The highest BCUT2D eigenvalue weighted by atomic mass is 32.2. The van der Waals surface area contributed by atoms with Crippen molar-refractivity contribution in [2.45, 2.75) is 49.9 Å². The van der Waals surface area contributed by atoms with Gasteiger partial charge < -0.3 is 9.84 Å². The molecule has 3 aromatic carbocycles. The second-order valence-corrected chi connectivity index (χ2v) is 12.3. The van der Waals surface area contributed by atoms with Crippen LogP contribution in [-0.2, 0) is 34.6 Å². The maximum atomic E-state index is 14.9. The van der Waals surface area contributed by atoms with Gasteiger partial charge in [-0.1, -0.05) is 44.2 Å². The highest BCUT2D eigenvalue weighted by Gasteiger charge is 2.35. The number of rotatable bonds is 12. The Kier molecular flexibility index (Phi) is 9.97. The first-order valence-electron chi connectivity index (χ1n) is 12.5. The maximum absolute atomic E-state index is 14.9. The molecule has 40 heavy (non-hydrogen) atoms. The van der Waals surface area contributed by atoms with E-state index in [2.05, 4.69) is 0 Å². The maximum Gasteiger partial charge on any atom is 0.419 e. The average molecular weight is 586 g/mol. The van der Waals surface area contributed by atoms with Gasteiger partial charge in [0.05, 0.1) is 23.7 Å². The lowest BCUT2D eigenvalue weighted by Crippen LogP contribution is -2.38. The molecule has 0 aliphatic rings. The van der Waals surface area contributed by atoms with Gasteiger partial charge in [0.2, 0.25) is 0 Å². The number of aliphatic hydroxyl groups is 1. The average Bonchev–Trinajstić information content (AvgIpc) is 2.86. The molecule has 3 rings (SSSR count). The molecule has 5 nitrogen and oxygen atoms in total. The van der Waals surface area contributed by atoms with Crippen LogP contribution in [0.3, 0.4) is 0 Å². The van der Waals surface area contributed by atoms with E-state index in [4.69, 9.17) is 4.74 Å². The Morgan fingerprint density at radius 2 is 1.62 bits per heavy atom. The number of sulfone groups is 1. The molecule has 0 fully saturated rings. The summed E-state index contributed by atoms with van der Waals surface area (Å²) in [5.74, 6) is -1.45. The standard InChI is InChI=1S/C29H32F5NO4S/c1-28(2,22-9-11-23(30)12-10-22)19-35(17-20-6-4-7-25(27(20)31)29(32,33)34)14-5-15-39-24-13-8-21(18-36)26(16-24)40(3,37)38/h4,6-13,16,36H,5,14-15,17-19H2,1-3H3. The third-order valence-electron chi connectivity index (χ3n) is 6.52. The Hall–Kier alpha value is -3.02. The third-order valence-corrected chi connectivity index (χ3v) is 7.70. The fourth-order valence-corrected chi connectivity index (χ4v) is 5.44. The van der Waals surface area contributed by atoms with Crippen LogP contribution in [0, 0.1) is 11.6 Å². The minimum Gasteiger partial charge on any atom is -0.494 e. The smallest absolute Gasteiger partial charge is 0.419 e. The molecule has 0 bridgehead atoms. The highest BCUT2D eigenvalue weighted by molar-refractivity contribution is 7.90. The first-order valence-corrected chi connectivity index (χ1v) is 14.4. The molecule has 0 unspecified atom stereocenters. The topological polar surface area (TPSA) is 66.8 Å². The van der Waals surface area contributed by atoms with E-state index in [1.54, 1.807) is 12.1 Å². The van der Waals surface area contributed by atoms with Gasteiger partial charge in [0.25, 0.3) is 0 Å². The zero-order valence-corrected chi connectivity index (χ0v) is 23.2. The fourth-order valence-electron chi connectivity index (χ4n) is 4.51. The number of alkyl halides is 3. The number of hydrogen-bond acceptors (Lipinski definition) is 5. The van der Waals surface area contributed by atoms with Gasteiger partial charge in [0.1, 0.15) is 17.4 Å². The minimum absolute atomic E-state index is 0.0461. The van der Waals surface area contributed by atoms with Gasteiger partial charge in [-0.25, -0.2) is 17.2 Å². The molecule has 0 amide bonds. The molecule has 0 saturated heterocycles. The van der Waals surface area contributed by atoms with Crippen molar-refractivity contribution in [2.24, 2.45) is 0 Å². The molecule has 0 aliphatic carbocycles. The molecule has 0 saturated carbocycles. The van der Waals surface area contributed by atoms with E-state index >= 15 is 0 Å². The summed E-state index contributed by atoms with van der Waals surface area (Å²) in [5.41, 5.74) is -0.955. The van der Waals surface area contributed by atoms with Crippen molar-refractivity contribution in [3.05, 3.63) is 94.6 Å². The van der Waals surface area contributed by atoms with Crippen LogP contribution >= 0.6 is 0 Å². The molecule has 11 heteroatoms. The Morgan fingerprint density at radius 1 is 0.950 bits per heavy atom. The van der Waals surface area contributed by atoms with E-state index in [9.17, 15) is 35.5 Å². The van der Waals surface area contributed by atoms with Crippen LogP contribution in [-0.4, -0.2) is 44.4 Å². The van der Waals surface area contributed by atoms with Crippen LogP contribution in [0.4, 0.5) is 22.0 Å². The summed E-state index contributed by atoms with van der Waals surface area (Å²) in [6.07, 6.45) is -3.42. The lowest BCUT2D eigenvalue weighted by atomic mass is 9.84. The quantitative estimate of drug-likeness (QED) is 0.205. The summed E-state index contributed by atoms with van der Waals surface area (Å²) in [6.45, 7) is 4.02. The van der Waals surface area contributed by atoms with Gasteiger partial charge >= 0.3 is 6.18 Å². The number of hydrogen-bond donors (Lipinski definition) is 1. The summed E-state index contributed by atoms with van der Waals surface area (Å²) in [4.78, 5) is 1.76. The summed E-state index contributed by atoms with van der Waals surface area (Å²) in [5, 5.41) is 9.42. The highest BCUT2D eigenvalue weighted by Crippen LogP contribution is 2.33. The molecular weight excluding hydrogens is 553 g/mol. The number of benzene rings is 3. The summed E-state index contributed by atoms with van der Waals surface area (Å²) < 4.78 is 98.0. The van der Waals surface area contributed by atoms with Crippen molar-refractivity contribution in [1.29, 1.82) is 0 Å². The molecule has 1 N–H and O–H groups in total. The van der Waals surface area contributed by atoms with Crippen LogP contribution in [0.15, 0.2) is 65.6 Å². The largest absolute Gasteiger partial charge is 0.494 e. The van der Waals surface area contributed by atoms with Crippen molar-refractivity contribution in [2.75, 3.05) is 26.0 Å². The van der Waals surface area contributed by atoms with E-state index in [0.717, 1.165) is 11.8 Å². The van der Waals surface area contributed by atoms with Crippen LogP contribution in [0.2, 0.25) is 0 Å². The van der Waals surface area contributed by atoms with Crippen molar-refractivity contribution in [1.82, 2.24) is 4.90 Å². The van der Waals surface area contributed by atoms with Crippen LogP contribution < -0.4 is 4.74 Å². The summed E-state index contributed by atoms with van der Waals surface area (Å²) in [7, 11) is -3.60. The zero-order chi connectivity index (χ0) is 29.7. The van der Waals surface area contributed by atoms with Gasteiger partial charge in [-0.2, -0.15) is 13.2 Å². The van der Waals surface area contributed by atoms with Crippen molar-refractivity contribution in [3.63, 3.8) is 0 Å². The molecule has 0 heterocycles. The van der Waals surface area contributed by atoms with Crippen LogP contribution in [0.5, 0.6) is 5.75 Å². The molecule has 0 spiro atoms. The van der Waals surface area contributed by atoms with Gasteiger partial charge in [-0.05, 0) is 47.9 Å². The third kappa shape index (κ3) is 8.25. The van der Waals surface area contributed by atoms with Gasteiger partial charge in [0.15, 0.2) is 9.84 Å². The normalized spacial score (nSPS) is 12.7. The molecule has 0 radical (unpaired) electrons. The van der Waals surface area contributed by atoms with Gasteiger partial charge in [-0.3, -0.25) is 4.90 Å². The Morgan fingerprint density at radius 3 is 2.23 bits per heavy atom. The summed E-state index contributed by atoms with van der Waals surface area (Å²) in [6, 6.07) is 13.4. The fraction of sp³-hybridized carbons (Fsp3) is 0.379. The van der Waals surface area contributed by atoms with Gasteiger partial charge in [-0.15, -0.1) is 0 Å². The molecule has 3 aromatic rings. The zero-order valence-electron chi connectivity index (χ0n) is 22.4. The summed E-state index contributed by atoms with van der Waals surface area (Å²) >= 11 is 0. The first-order chi connectivity index (χ1) is 18.6. The van der Waals surface area contributed by atoms with Crippen molar-refractivity contribution >= 4 is 9.84 Å². The molecule has 0 aliphatic heterocycles. The Balaban J connectivity index is 1.78. The van der Waals surface area contributed by atoms with E-state index in [1.807, 2.05) is 18.7 Å². The first kappa shape index (κ1) is 31.5. The number of ether oxygens (including phenoxy) is 1. The van der Waals surface area contributed by atoms with E-state index in [-0.39, 0.29) is 34.9 Å². The Bertz CT molecular complexity index is 1410.